The van der Waals surface area contributed by atoms with Crippen LogP contribution in [0.3, 0.4) is 0 Å². The first-order chi connectivity index (χ1) is 10.9. The lowest BCUT2D eigenvalue weighted by Crippen LogP contribution is -2.71. The Hall–Kier alpha value is -0.420. The lowest BCUT2D eigenvalue weighted by atomic mass is 9.42. The van der Waals surface area contributed by atoms with E-state index in [4.69, 9.17) is 4.74 Å². The number of hydrogen-bond acceptors (Lipinski definition) is 4. The van der Waals surface area contributed by atoms with Crippen molar-refractivity contribution in [3.8, 4) is 0 Å². The Morgan fingerprint density at radius 2 is 1.79 bits per heavy atom. The lowest BCUT2D eigenvalue weighted by molar-refractivity contribution is -0.287. The van der Waals surface area contributed by atoms with Gasteiger partial charge in [0.25, 0.3) is 0 Å². The van der Waals surface area contributed by atoms with Gasteiger partial charge in [-0.2, -0.15) is 0 Å². The highest BCUT2D eigenvalue weighted by Crippen LogP contribution is 2.67. The second-order valence-corrected chi connectivity index (χ2v) is 9.54. The molecule has 0 aromatic rings. The first kappa shape index (κ1) is 18.4. The summed E-state index contributed by atoms with van der Waals surface area (Å²) in [4.78, 5) is 0. The largest absolute Gasteiger partial charge is 0.392 e. The van der Waals surface area contributed by atoms with Gasteiger partial charge >= 0.3 is 0 Å². The molecule has 0 aromatic heterocycles. The summed E-state index contributed by atoms with van der Waals surface area (Å²) in [6.45, 7) is 14.1. The Kier molecular flexibility index (Phi) is 4.05. The van der Waals surface area contributed by atoms with Crippen LogP contribution in [-0.4, -0.2) is 44.8 Å². The summed E-state index contributed by atoms with van der Waals surface area (Å²) in [6.07, 6.45) is 2.27. The van der Waals surface area contributed by atoms with E-state index in [9.17, 15) is 15.3 Å². The van der Waals surface area contributed by atoms with Crippen LogP contribution in [0, 0.1) is 16.7 Å². The Balaban J connectivity index is 2.03. The van der Waals surface area contributed by atoms with Gasteiger partial charge in [-0.1, -0.05) is 27.4 Å². The maximum atomic E-state index is 11.8. The third-order valence-corrected chi connectivity index (χ3v) is 8.00. The number of aliphatic hydroxyl groups excluding tert-OH is 2. The zero-order chi connectivity index (χ0) is 18.1. The smallest absolute Gasteiger partial charge is 0.0818 e. The first-order valence-corrected chi connectivity index (χ1v) is 9.34. The summed E-state index contributed by atoms with van der Waals surface area (Å²) in [6, 6.07) is 0. The first-order valence-electron chi connectivity index (χ1n) is 9.34. The third-order valence-electron chi connectivity index (χ3n) is 8.00. The van der Waals surface area contributed by atoms with Crippen molar-refractivity contribution in [3.63, 3.8) is 0 Å². The molecule has 3 rings (SSSR count). The topological polar surface area (TPSA) is 69.9 Å². The number of hydrogen-bond donors (Lipinski definition) is 3. The molecule has 4 heteroatoms. The van der Waals surface area contributed by atoms with Crippen molar-refractivity contribution in [2.24, 2.45) is 16.7 Å². The summed E-state index contributed by atoms with van der Waals surface area (Å²) in [5.74, 6) is 0.0406. The van der Waals surface area contributed by atoms with E-state index in [-0.39, 0.29) is 17.4 Å². The fraction of sp³-hybridized carbons (Fsp3) is 0.900. The molecule has 4 nitrogen and oxygen atoms in total. The summed E-state index contributed by atoms with van der Waals surface area (Å²) >= 11 is 0. The standard InChI is InChI=1S/C20H34O4/c1-12(13(2)21)14-11-15-18(5,24-14)9-10-20(23)17(3,4)8-7-16(22)19(15,20)6/h13-16,21-23H,1,7-11H2,2-6H3/t13-,14-,15-,16-,18+,19-,20+/m0/s1. The summed E-state index contributed by atoms with van der Waals surface area (Å²) < 4.78 is 6.37. The molecule has 0 radical (unpaired) electrons. The molecular formula is C20H34O4. The molecule has 138 valence electrons. The van der Waals surface area contributed by atoms with Crippen molar-refractivity contribution >= 4 is 0 Å². The van der Waals surface area contributed by atoms with Crippen LogP contribution in [0.25, 0.3) is 0 Å². The van der Waals surface area contributed by atoms with E-state index in [0.29, 0.717) is 24.8 Å². The van der Waals surface area contributed by atoms with Gasteiger partial charge in [-0.3, -0.25) is 0 Å². The minimum absolute atomic E-state index is 0.0406. The van der Waals surface area contributed by atoms with Gasteiger partial charge in [0, 0.05) is 11.3 Å². The molecule has 0 spiro atoms. The van der Waals surface area contributed by atoms with E-state index in [2.05, 4.69) is 34.3 Å². The highest BCUT2D eigenvalue weighted by molar-refractivity contribution is 5.23. The monoisotopic (exact) mass is 338 g/mol. The van der Waals surface area contributed by atoms with Gasteiger partial charge in [0.05, 0.1) is 29.5 Å². The molecule has 0 bridgehead atoms. The predicted octanol–water partition coefficient (Wildman–Crippen LogP) is 2.80. The molecule has 3 aliphatic rings. The normalized spacial score (nSPS) is 51.6. The van der Waals surface area contributed by atoms with E-state index in [1.807, 2.05) is 0 Å². The third kappa shape index (κ3) is 2.13. The summed E-state index contributed by atoms with van der Waals surface area (Å²) in [7, 11) is 0. The molecule has 2 aliphatic carbocycles. The molecule has 2 saturated carbocycles. The molecule has 0 amide bonds. The fourth-order valence-electron chi connectivity index (χ4n) is 6.09. The molecule has 3 fully saturated rings. The summed E-state index contributed by atoms with van der Waals surface area (Å²) in [5.41, 5.74) is -1.45. The maximum absolute atomic E-state index is 11.8. The van der Waals surface area contributed by atoms with Gasteiger partial charge in [-0.15, -0.1) is 0 Å². The van der Waals surface area contributed by atoms with Crippen LogP contribution >= 0.6 is 0 Å². The number of aliphatic hydroxyl groups is 3. The molecule has 3 N–H and O–H groups in total. The van der Waals surface area contributed by atoms with Gasteiger partial charge in [-0.25, -0.2) is 0 Å². The van der Waals surface area contributed by atoms with Crippen LogP contribution in [-0.2, 0) is 4.74 Å². The van der Waals surface area contributed by atoms with Gasteiger partial charge in [0.1, 0.15) is 0 Å². The van der Waals surface area contributed by atoms with Crippen molar-refractivity contribution in [3.05, 3.63) is 12.2 Å². The zero-order valence-corrected chi connectivity index (χ0v) is 15.8. The highest BCUT2D eigenvalue weighted by Gasteiger charge is 2.71. The van der Waals surface area contributed by atoms with Gasteiger partial charge in [-0.05, 0) is 56.9 Å². The van der Waals surface area contributed by atoms with E-state index >= 15 is 0 Å². The Labute approximate surface area is 145 Å². The maximum Gasteiger partial charge on any atom is 0.0818 e. The molecular weight excluding hydrogens is 304 g/mol. The van der Waals surface area contributed by atoms with E-state index in [1.54, 1.807) is 6.92 Å². The predicted molar refractivity (Wildman–Crippen MR) is 93.5 cm³/mol. The zero-order valence-electron chi connectivity index (χ0n) is 15.8. The number of fused-ring (bicyclic) bond motifs is 3. The van der Waals surface area contributed by atoms with Crippen molar-refractivity contribution in [2.45, 2.75) is 96.2 Å². The van der Waals surface area contributed by atoms with Crippen LogP contribution in [0.4, 0.5) is 0 Å². The van der Waals surface area contributed by atoms with Gasteiger partial charge in [0.2, 0.25) is 0 Å². The second kappa shape index (κ2) is 5.29. The quantitative estimate of drug-likeness (QED) is 0.677. The van der Waals surface area contributed by atoms with E-state index < -0.39 is 28.8 Å². The molecule has 1 saturated heterocycles. The van der Waals surface area contributed by atoms with Crippen LogP contribution in [0.5, 0.6) is 0 Å². The summed E-state index contributed by atoms with van der Waals surface area (Å²) in [5, 5.41) is 32.6. The fourth-order valence-corrected chi connectivity index (χ4v) is 6.09. The minimum atomic E-state index is -0.910. The molecule has 1 aliphatic heterocycles. The Bertz CT molecular complexity index is 542. The van der Waals surface area contributed by atoms with Crippen LogP contribution in [0.1, 0.15) is 66.7 Å². The van der Waals surface area contributed by atoms with E-state index in [1.165, 1.54) is 0 Å². The van der Waals surface area contributed by atoms with Crippen molar-refractivity contribution < 1.29 is 20.1 Å². The Morgan fingerprint density at radius 3 is 2.38 bits per heavy atom. The molecule has 7 atom stereocenters. The van der Waals surface area contributed by atoms with Crippen molar-refractivity contribution in [2.75, 3.05) is 0 Å². The lowest BCUT2D eigenvalue weighted by Gasteiger charge is -2.66. The van der Waals surface area contributed by atoms with Gasteiger partial charge in [0.15, 0.2) is 0 Å². The molecule has 0 aromatic carbocycles. The molecule has 0 unspecified atom stereocenters. The number of ether oxygens (including phenoxy) is 1. The van der Waals surface area contributed by atoms with Crippen LogP contribution < -0.4 is 0 Å². The number of rotatable bonds is 2. The van der Waals surface area contributed by atoms with Crippen molar-refractivity contribution in [1.29, 1.82) is 0 Å². The minimum Gasteiger partial charge on any atom is -0.392 e. The SMILES string of the molecule is C=C([C@H](C)O)[C@@H]1C[C@@H]2[C@@]3(C)[C@@H](O)CCC(C)(C)[C@]3(O)CC[C@@]2(C)O1. The van der Waals surface area contributed by atoms with Gasteiger partial charge < -0.3 is 20.1 Å². The average Bonchev–Trinajstić information content (AvgIpc) is 2.85. The second-order valence-electron chi connectivity index (χ2n) is 9.54. The highest BCUT2D eigenvalue weighted by atomic mass is 16.5. The van der Waals surface area contributed by atoms with Crippen LogP contribution in [0.2, 0.25) is 0 Å². The van der Waals surface area contributed by atoms with Crippen LogP contribution in [0.15, 0.2) is 12.2 Å². The van der Waals surface area contributed by atoms with E-state index in [0.717, 1.165) is 12.8 Å². The average molecular weight is 338 g/mol. The van der Waals surface area contributed by atoms with Crippen molar-refractivity contribution in [1.82, 2.24) is 0 Å². The molecule has 1 heterocycles. The Morgan fingerprint density at radius 1 is 1.17 bits per heavy atom. The molecule has 24 heavy (non-hydrogen) atoms.